The van der Waals surface area contributed by atoms with Gasteiger partial charge in [-0.05, 0) is 50.9 Å². The van der Waals surface area contributed by atoms with Gasteiger partial charge in [-0.1, -0.05) is 12.2 Å². The molecule has 0 amide bonds. The number of nitrogens with one attached hydrogen (secondary N) is 1. The molecule has 2 aliphatic carbocycles. The minimum atomic E-state index is 0.370. The molecular weight excluding hydrogens is 198 g/mol. The van der Waals surface area contributed by atoms with Gasteiger partial charge in [-0.2, -0.15) is 0 Å². The van der Waals surface area contributed by atoms with E-state index in [1.807, 2.05) is 0 Å². The molecule has 3 atom stereocenters. The summed E-state index contributed by atoms with van der Waals surface area (Å²) in [7, 11) is 0. The average Bonchev–Trinajstić information content (AvgIpc) is 2.77. The zero-order valence-electron chi connectivity index (χ0n) is 10.3. The molecular formula is C13H23N3. The molecule has 1 unspecified atom stereocenters. The minimum absolute atomic E-state index is 0.370. The predicted molar refractivity (Wildman–Crippen MR) is 68.2 cm³/mol. The Balaban J connectivity index is 1.70. The Hall–Kier alpha value is -0.990. The Morgan fingerprint density at radius 1 is 1.44 bits per heavy atom. The van der Waals surface area contributed by atoms with Crippen molar-refractivity contribution in [3.05, 3.63) is 12.2 Å². The molecule has 0 radical (unpaired) electrons. The van der Waals surface area contributed by atoms with Crippen molar-refractivity contribution in [2.45, 2.75) is 39.2 Å². The largest absolute Gasteiger partial charge is 0.370 e. The molecule has 16 heavy (non-hydrogen) atoms. The van der Waals surface area contributed by atoms with Crippen LogP contribution in [0.3, 0.4) is 0 Å². The zero-order valence-corrected chi connectivity index (χ0v) is 10.3. The average molecular weight is 221 g/mol. The highest BCUT2D eigenvalue weighted by molar-refractivity contribution is 5.78. The molecule has 0 aliphatic heterocycles. The smallest absolute Gasteiger partial charge is 0.188 e. The first-order valence-electron chi connectivity index (χ1n) is 6.40. The van der Waals surface area contributed by atoms with Crippen LogP contribution in [-0.2, 0) is 0 Å². The molecule has 0 aromatic carbocycles. The maximum Gasteiger partial charge on any atom is 0.188 e. The third-order valence-electron chi connectivity index (χ3n) is 3.63. The summed E-state index contributed by atoms with van der Waals surface area (Å²) in [5, 5.41) is 3.12. The fraction of sp³-hybridized carbons (Fsp3) is 0.769. The Morgan fingerprint density at radius 3 is 2.81 bits per heavy atom. The predicted octanol–water partition coefficient (Wildman–Crippen LogP) is 1.90. The number of rotatable bonds is 4. The summed E-state index contributed by atoms with van der Waals surface area (Å²) < 4.78 is 0. The maximum atomic E-state index is 5.76. The van der Waals surface area contributed by atoms with Crippen LogP contribution in [0.5, 0.6) is 0 Å². The van der Waals surface area contributed by atoms with Crippen molar-refractivity contribution in [1.29, 1.82) is 0 Å². The summed E-state index contributed by atoms with van der Waals surface area (Å²) in [6.45, 7) is 5.01. The standard InChI is InChI=1S/C13H23N3/c1-9(2)16-13(14)15-6-5-12-8-10-3-4-11(12)7-10/h3-4,9-12H,5-8H2,1-2H3,(H3,14,15,16)/t10-,11+,12?/m1/s1. The van der Waals surface area contributed by atoms with Crippen molar-refractivity contribution in [1.82, 2.24) is 5.32 Å². The summed E-state index contributed by atoms with van der Waals surface area (Å²) >= 11 is 0. The number of fused-ring (bicyclic) bond motifs is 2. The van der Waals surface area contributed by atoms with Gasteiger partial charge in [-0.15, -0.1) is 0 Å². The first kappa shape index (κ1) is 11.5. The fourth-order valence-corrected chi connectivity index (χ4v) is 2.92. The first-order valence-corrected chi connectivity index (χ1v) is 6.40. The maximum absolute atomic E-state index is 5.76. The Morgan fingerprint density at radius 2 is 2.25 bits per heavy atom. The van der Waals surface area contributed by atoms with Gasteiger partial charge in [0, 0.05) is 12.6 Å². The lowest BCUT2D eigenvalue weighted by atomic mass is 9.91. The molecule has 0 aromatic heterocycles. The van der Waals surface area contributed by atoms with Gasteiger partial charge in [0.15, 0.2) is 5.96 Å². The van der Waals surface area contributed by atoms with Gasteiger partial charge in [-0.25, -0.2) is 0 Å². The molecule has 3 N–H and O–H groups in total. The van der Waals surface area contributed by atoms with Crippen molar-refractivity contribution in [3.8, 4) is 0 Å². The molecule has 1 saturated carbocycles. The van der Waals surface area contributed by atoms with Gasteiger partial charge in [0.05, 0.1) is 0 Å². The summed E-state index contributed by atoms with van der Waals surface area (Å²) in [6, 6.07) is 0.370. The lowest BCUT2D eigenvalue weighted by molar-refractivity contribution is 0.422. The molecule has 2 rings (SSSR count). The molecule has 0 saturated heterocycles. The first-order chi connectivity index (χ1) is 7.65. The Kier molecular flexibility index (Phi) is 3.52. The quantitative estimate of drug-likeness (QED) is 0.433. The summed E-state index contributed by atoms with van der Waals surface area (Å²) in [6.07, 6.45) is 8.73. The SMILES string of the molecule is CC(C)NC(N)=NCCC1C[C@@H]2C=C[C@H]1C2. The van der Waals surface area contributed by atoms with Crippen LogP contribution in [0.4, 0.5) is 0 Å². The van der Waals surface area contributed by atoms with Crippen LogP contribution in [0.1, 0.15) is 33.1 Å². The second kappa shape index (κ2) is 4.89. The number of guanidine groups is 1. The van der Waals surface area contributed by atoms with E-state index < -0.39 is 0 Å². The van der Waals surface area contributed by atoms with Crippen LogP contribution in [0.15, 0.2) is 17.1 Å². The van der Waals surface area contributed by atoms with E-state index in [4.69, 9.17) is 5.73 Å². The zero-order chi connectivity index (χ0) is 11.5. The second-order valence-corrected chi connectivity index (χ2v) is 5.39. The van der Waals surface area contributed by atoms with E-state index in [1.165, 1.54) is 19.3 Å². The number of allylic oxidation sites excluding steroid dienone is 2. The van der Waals surface area contributed by atoms with Crippen molar-refractivity contribution < 1.29 is 0 Å². The lowest BCUT2D eigenvalue weighted by Gasteiger charge is -2.16. The lowest BCUT2D eigenvalue weighted by Crippen LogP contribution is -2.36. The summed E-state index contributed by atoms with van der Waals surface area (Å²) in [5.74, 6) is 3.14. The summed E-state index contributed by atoms with van der Waals surface area (Å²) in [4.78, 5) is 4.37. The normalized spacial score (nSPS) is 32.7. The van der Waals surface area contributed by atoms with Gasteiger partial charge in [0.1, 0.15) is 0 Å². The van der Waals surface area contributed by atoms with E-state index in [9.17, 15) is 0 Å². The molecule has 3 nitrogen and oxygen atoms in total. The highest BCUT2D eigenvalue weighted by Gasteiger charge is 2.34. The molecule has 90 valence electrons. The van der Waals surface area contributed by atoms with Gasteiger partial charge < -0.3 is 11.1 Å². The molecule has 0 aromatic rings. The molecule has 2 bridgehead atoms. The van der Waals surface area contributed by atoms with Gasteiger partial charge >= 0.3 is 0 Å². The van der Waals surface area contributed by atoms with E-state index in [0.717, 1.165) is 24.3 Å². The molecule has 0 heterocycles. The minimum Gasteiger partial charge on any atom is -0.370 e. The van der Waals surface area contributed by atoms with Crippen molar-refractivity contribution in [3.63, 3.8) is 0 Å². The van der Waals surface area contributed by atoms with Crippen LogP contribution in [0.2, 0.25) is 0 Å². The molecule has 2 aliphatic rings. The molecule has 1 fully saturated rings. The third kappa shape index (κ3) is 2.77. The highest BCUT2D eigenvalue weighted by atomic mass is 15.1. The van der Waals surface area contributed by atoms with Crippen molar-refractivity contribution in [2.75, 3.05) is 6.54 Å². The number of nitrogens with two attached hydrogens (primary N) is 1. The van der Waals surface area contributed by atoms with Gasteiger partial charge in [0.2, 0.25) is 0 Å². The monoisotopic (exact) mass is 221 g/mol. The number of aliphatic imine (C=N–C) groups is 1. The van der Waals surface area contributed by atoms with Gasteiger partial charge in [-0.3, -0.25) is 4.99 Å². The van der Waals surface area contributed by atoms with Crippen molar-refractivity contribution in [2.24, 2.45) is 28.5 Å². The van der Waals surface area contributed by atoms with Crippen LogP contribution < -0.4 is 11.1 Å². The number of hydrogen-bond donors (Lipinski definition) is 2. The second-order valence-electron chi connectivity index (χ2n) is 5.39. The van der Waals surface area contributed by atoms with E-state index in [1.54, 1.807) is 0 Å². The van der Waals surface area contributed by atoms with E-state index >= 15 is 0 Å². The Labute approximate surface area is 98.2 Å². The molecule has 3 heteroatoms. The van der Waals surface area contributed by atoms with Crippen LogP contribution >= 0.6 is 0 Å². The fourth-order valence-electron chi connectivity index (χ4n) is 2.92. The van der Waals surface area contributed by atoms with Crippen LogP contribution in [0.25, 0.3) is 0 Å². The highest BCUT2D eigenvalue weighted by Crippen LogP contribution is 2.44. The number of hydrogen-bond acceptors (Lipinski definition) is 1. The van der Waals surface area contributed by atoms with Crippen LogP contribution in [0, 0.1) is 17.8 Å². The third-order valence-corrected chi connectivity index (χ3v) is 3.63. The Bertz CT molecular complexity index is 294. The summed E-state index contributed by atoms with van der Waals surface area (Å²) in [5.41, 5.74) is 5.76. The van der Waals surface area contributed by atoms with Gasteiger partial charge in [0.25, 0.3) is 0 Å². The van der Waals surface area contributed by atoms with E-state index in [0.29, 0.717) is 12.0 Å². The van der Waals surface area contributed by atoms with Crippen molar-refractivity contribution >= 4 is 5.96 Å². The number of nitrogens with zero attached hydrogens (tertiary/aromatic N) is 1. The van der Waals surface area contributed by atoms with E-state index in [-0.39, 0.29) is 0 Å². The van der Waals surface area contributed by atoms with Crippen LogP contribution in [-0.4, -0.2) is 18.5 Å². The molecule has 0 spiro atoms. The van der Waals surface area contributed by atoms with E-state index in [2.05, 4.69) is 36.3 Å². The topological polar surface area (TPSA) is 50.4 Å².